The van der Waals surface area contributed by atoms with Crippen molar-refractivity contribution >= 4 is 28.4 Å². The molecule has 1 aromatic heterocycles. The molecule has 31 heavy (non-hydrogen) atoms. The van der Waals surface area contributed by atoms with E-state index < -0.39 is 11.4 Å². The van der Waals surface area contributed by atoms with Gasteiger partial charge in [0, 0.05) is 22.6 Å². The largest absolute Gasteiger partial charge is 0.351 e. The first-order valence-electron chi connectivity index (χ1n) is 11.0. The molecule has 0 spiro atoms. The minimum absolute atomic E-state index is 0.116. The number of halogens is 1. The number of aromatic nitrogens is 1. The fraction of sp³-hybridized carbons (Fsp3) is 0.360. The quantitative estimate of drug-likeness (QED) is 0.672. The van der Waals surface area contributed by atoms with Gasteiger partial charge in [0.15, 0.2) is 0 Å². The van der Waals surface area contributed by atoms with Crippen molar-refractivity contribution in [2.75, 3.05) is 4.90 Å². The van der Waals surface area contributed by atoms with Crippen molar-refractivity contribution in [2.24, 2.45) is 0 Å². The third kappa shape index (κ3) is 3.30. The Morgan fingerprint density at radius 1 is 1.06 bits per heavy atom. The van der Waals surface area contributed by atoms with Crippen LogP contribution in [0.1, 0.15) is 49.5 Å². The third-order valence-electron chi connectivity index (χ3n) is 6.69. The fourth-order valence-corrected chi connectivity index (χ4v) is 5.05. The molecule has 1 saturated carbocycles. The Hall–Kier alpha value is -3.15. The normalized spacial score (nSPS) is 21.9. The number of para-hydroxylation sites is 1. The number of amides is 2. The monoisotopic (exact) mass is 419 g/mol. The van der Waals surface area contributed by atoms with E-state index in [0.29, 0.717) is 17.9 Å². The van der Waals surface area contributed by atoms with Gasteiger partial charge < -0.3 is 9.88 Å². The first kappa shape index (κ1) is 19.8. The molecule has 2 aromatic carbocycles. The number of rotatable bonds is 3. The summed E-state index contributed by atoms with van der Waals surface area (Å²) < 4.78 is 16.0. The molecule has 1 aliphatic carbocycles. The minimum Gasteiger partial charge on any atom is -0.351 e. The van der Waals surface area contributed by atoms with Gasteiger partial charge in [0.1, 0.15) is 17.1 Å². The van der Waals surface area contributed by atoms with Gasteiger partial charge in [-0.3, -0.25) is 14.5 Å². The van der Waals surface area contributed by atoms with Crippen molar-refractivity contribution in [1.82, 2.24) is 9.88 Å². The first-order chi connectivity index (χ1) is 15.0. The van der Waals surface area contributed by atoms with Crippen molar-refractivity contribution in [1.29, 1.82) is 0 Å². The Morgan fingerprint density at radius 2 is 1.84 bits per heavy atom. The van der Waals surface area contributed by atoms with Gasteiger partial charge in [-0.2, -0.15) is 0 Å². The van der Waals surface area contributed by atoms with Gasteiger partial charge in [-0.15, -0.1) is 0 Å². The third-order valence-corrected chi connectivity index (χ3v) is 6.69. The van der Waals surface area contributed by atoms with Gasteiger partial charge in [0.25, 0.3) is 5.91 Å². The van der Waals surface area contributed by atoms with Crippen molar-refractivity contribution in [3.8, 4) is 0 Å². The van der Waals surface area contributed by atoms with Crippen molar-refractivity contribution in [3.05, 3.63) is 66.1 Å². The van der Waals surface area contributed by atoms with Gasteiger partial charge in [-0.1, -0.05) is 43.5 Å². The van der Waals surface area contributed by atoms with E-state index >= 15 is 0 Å². The van der Waals surface area contributed by atoms with Crippen LogP contribution >= 0.6 is 0 Å². The lowest BCUT2D eigenvalue weighted by atomic mass is 9.91. The average Bonchev–Trinajstić information content (AvgIpc) is 3.13. The predicted molar refractivity (Wildman–Crippen MR) is 119 cm³/mol. The van der Waals surface area contributed by atoms with Gasteiger partial charge in [-0.05, 0) is 50.1 Å². The van der Waals surface area contributed by atoms with Crippen LogP contribution in [0, 0.1) is 5.82 Å². The highest BCUT2D eigenvalue weighted by Crippen LogP contribution is 2.36. The second-order valence-corrected chi connectivity index (χ2v) is 8.88. The molecule has 1 N–H and O–H groups in total. The van der Waals surface area contributed by atoms with E-state index in [1.54, 1.807) is 19.1 Å². The second kappa shape index (κ2) is 7.52. The Labute approximate surface area is 180 Å². The Morgan fingerprint density at radius 3 is 2.61 bits per heavy atom. The summed E-state index contributed by atoms with van der Waals surface area (Å²) in [6, 6.07) is 15.7. The summed E-state index contributed by atoms with van der Waals surface area (Å²) in [7, 11) is 0. The summed E-state index contributed by atoms with van der Waals surface area (Å²) in [6.45, 7) is 2.09. The number of fused-ring (bicyclic) bond motifs is 3. The summed E-state index contributed by atoms with van der Waals surface area (Å²) in [6.07, 6.45) is 5.29. The molecule has 2 amide bonds. The molecule has 1 atom stereocenters. The SMILES string of the molecule is CC1(C(=O)NC2CCCCC2)Cn2c(cc3ccccc32)C(=O)N1c1cccc(F)c1. The number of hydrogen-bond donors (Lipinski definition) is 1. The van der Waals surface area contributed by atoms with Crippen LogP contribution in [0.15, 0.2) is 54.6 Å². The highest BCUT2D eigenvalue weighted by Gasteiger charge is 2.49. The smallest absolute Gasteiger partial charge is 0.275 e. The lowest BCUT2D eigenvalue weighted by Crippen LogP contribution is -2.65. The predicted octanol–water partition coefficient (Wildman–Crippen LogP) is 4.65. The van der Waals surface area contributed by atoms with E-state index in [2.05, 4.69) is 5.32 Å². The van der Waals surface area contributed by atoms with Crippen LogP contribution in [0.5, 0.6) is 0 Å². The number of carbonyl (C=O) groups is 2. The number of nitrogens with zero attached hydrogens (tertiary/aromatic N) is 2. The zero-order valence-electron chi connectivity index (χ0n) is 17.6. The average molecular weight is 420 g/mol. The van der Waals surface area contributed by atoms with Crippen LogP contribution in [-0.2, 0) is 11.3 Å². The van der Waals surface area contributed by atoms with Gasteiger partial charge >= 0.3 is 0 Å². The molecule has 160 valence electrons. The second-order valence-electron chi connectivity index (χ2n) is 8.88. The molecule has 2 heterocycles. The highest BCUT2D eigenvalue weighted by atomic mass is 19.1. The van der Waals surface area contributed by atoms with Crippen LogP contribution in [-0.4, -0.2) is 28.0 Å². The Kier molecular flexibility index (Phi) is 4.80. The number of benzene rings is 2. The molecule has 5 rings (SSSR count). The van der Waals surface area contributed by atoms with Crippen molar-refractivity contribution in [2.45, 2.75) is 57.2 Å². The Balaban J connectivity index is 1.62. The molecule has 5 nitrogen and oxygen atoms in total. The van der Waals surface area contributed by atoms with Gasteiger partial charge in [-0.25, -0.2) is 4.39 Å². The topological polar surface area (TPSA) is 54.3 Å². The van der Waals surface area contributed by atoms with E-state index in [1.807, 2.05) is 34.9 Å². The zero-order valence-corrected chi connectivity index (χ0v) is 17.6. The molecule has 0 radical (unpaired) electrons. The zero-order chi connectivity index (χ0) is 21.6. The first-order valence-corrected chi connectivity index (χ1v) is 11.0. The standard InChI is InChI=1S/C25H26FN3O2/c1-25(24(31)27-19-10-3-2-4-11-19)16-28-21-13-6-5-8-17(21)14-22(28)23(30)29(25)20-12-7-9-18(26)15-20/h5-9,12-15,19H,2-4,10-11,16H2,1H3,(H,27,31). The maximum absolute atomic E-state index is 14.1. The molecular weight excluding hydrogens is 393 g/mol. The van der Waals surface area contributed by atoms with Gasteiger partial charge in [0.05, 0.1) is 6.54 Å². The molecule has 1 fully saturated rings. The maximum Gasteiger partial charge on any atom is 0.275 e. The van der Waals surface area contributed by atoms with Crippen LogP contribution < -0.4 is 10.2 Å². The van der Waals surface area contributed by atoms with Crippen LogP contribution in [0.2, 0.25) is 0 Å². The number of nitrogens with one attached hydrogen (secondary N) is 1. The van der Waals surface area contributed by atoms with Crippen LogP contribution in [0.25, 0.3) is 10.9 Å². The number of carbonyl (C=O) groups excluding carboxylic acids is 2. The molecule has 6 heteroatoms. The summed E-state index contributed by atoms with van der Waals surface area (Å²) >= 11 is 0. The lowest BCUT2D eigenvalue weighted by Gasteiger charge is -2.44. The van der Waals surface area contributed by atoms with E-state index in [0.717, 1.165) is 36.6 Å². The lowest BCUT2D eigenvalue weighted by molar-refractivity contribution is -0.127. The highest BCUT2D eigenvalue weighted by molar-refractivity contribution is 6.14. The van der Waals surface area contributed by atoms with E-state index in [-0.39, 0.29) is 17.9 Å². The summed E-state index contributed by atoms with van der Waals surface area (Å²) in [5, 5.41) is 4.14. The number of hydrogen-bond acceptors (Lipinski definition) is 2. The van der Waals surface area contributed by atoms with Crippen LogP contribution in [0.4, 0.5) is 10.1 Å². The summed E-state index contributed by atoms with van der Waals surface area (Å²) in [5.41, 5.74) is 0.634. The summed E-state index contributed by atoms with van der Waals surface area (Å²) in [5.74, 6) is -0.929. The molecular formula is C25H26FN3O2. The van der Waals surface area contributed by atoms with E-state index in [4.69, 9.17) is 0 Å². The van der Waals surface area contributed by atoms with E-state index in [9.17, 15) is 14.0 Å². The minimum atomic E-state index is -1.18. The van der Waals surface area contributed by atoms with Crippen molar-refractivity contribution < 1.29 is 14.0 Å². The molecule has 3 aromatic rings. The molecule has 0 bridgehead atoms. The summed E-state index contributed by atoms with van der Waals surface area (Å²) in [4.78, 5) is 28.8. The molecule has 2 aliphatic rings. The molecule has 0 saturated heterocycles. The van der Waals surface area contributed by atoms with Crippen LogP contribution in [0.3, 0.4) is 0 Å². The molecule has 1 aliphatic heterocycles. The maximum atomic E-state index is 14.1. The number of anilines is 1. The van der Waals surface area contributed by atoms with Crippen molar-refractivity contribution in [3.63, 3.8) is 0 Å². The van der Waals surface area contributed by atoms with E-state index in [1.165, 1.54) is 23.5 Å². The Bertz CT molecular complexity index is 1160. The fourth-order valence-electron chi connectivity index (χ4n) is 5.05. The molecule has 1 unspecified atom stereocenters. The van der Waals surface area contributed by atoms with Gasteiger partial charge in [0.2, 0.25) is 5.91 Å².